The quantitative estimate of drug-likeness (QED) is 0.441. The third-order valence-electron chi connectivity index (χ3n) is 4.90. The summed E-state index contributed by atoms with van der Waals surface area (Å²) >= 11 is 0. The molecule has 0 unspecified atom stereocenters. The fourth-order valence-corrected chi connectivity index (χ4v) is 3.41. The van der Waals surface area contributed by atoms with Gasteiger partial charge in [0.2, 0.25) is 0 Å². The predicted molar refractivity (Wildman–Crippen MR) is 104 cm³/mol. The van der Waals surface area contributed by atoms with Crippen molar-refractivity contribution in [2.45, 2.75) is 39.8 Å². The number of nitrogens with zero attached hydrogens (tertiary/aromatic N) is 2. The van der Waals surface area contributed by atoms with Crippen molar-refractivity contribution in [1.29, 1.82) is 0 Å². The molecule has 0 saturated heterocycles. The second-order valence-corrected chi connectivity index (χ2v) is 7.43. The van der Waals surface area contributed by atoms with Crippen molar-refractivity contribution in [3.63, 3.8) is 0 Å². The van der Waals surface area contributed by atoms with Gasteiger partial charge in [-0.1, -0.05) is 13.8 Å². The number of pyridine rings is 2. The van der Waals surface area contributed by atoms with E-state index in [-0.39, 0.29) is 17.9 Å². The zero-order valence-electron chi connectivity index (χ0n) is 16.4. The topological polar surface area (TPSA) is 44.1 Å². The van der Waals surface area contributed by atoms with E-state index in [9.17, 15) is 18.0 Å². The van der Waals surface area contributed by atoms with E-state index in [0.29, 0.717) is 39.7 Å². The molecule has 0 aliphatic carbocycles. The molecular formula is C21H23F3N2O2. The van der Waals surface area contributed by atoms with Gasteiger partial charge in [0.05, 0.1) is 28.8 Å². The summed E-state index contributed by atoms with van der Waals surface area (Å²) in [4.78, 5) is 16.9. The van der Waals surface area contributed by atoms with Crippen LogP contribution in [0.5, 0.6) is 5.75 Å². The van der Waals surface area contributed by atoms with Crippen molar-refractivity contribution < 1.29 is 17.9 Å². The van der Waals surface area contributed by atoms with Crippen molar-refractivity contribution in [1.82, 2.24) is 9.55 Å². The lowest BCUT2D eigenvalue weighted by Gasteiger charge is -2.18. The van der Waals surface area contributed by atoms with Crippen molar-refractivity contribution in [3.05, 3.63) is 46.0 Å². The van der Waals surface area contributed by atoms with Crippen LogP contribution in [0.25, 0.3) is 21.7 Å². The molecule has 3 aromatic rings. The van der Waals surface area contributed by atoms with Crippen molar-refractivity contribution in [2.75, 3.05) is 6.61 Å². The highest BCUT2D eigenvalue weighted by Crippen LogP contribution is 2.40. The summed E-state index contributed by atoms with van der Waals surface area (Å²) in [6, 6.07) is 3.98. The number of hydrogen-bond acceptors (Lipinski definition) is 3. The molecule has 0 aliphatic heterocycles. The Kier molecular flexibility index (Phi) is 5.37. The number of rotatable bonds is 5. The SMILES string of the molecule is Cc1nccc2c1c(=O)n(C)c1cc(OCCCC(C)C)c(C(F)(F)F)cc21. The van der Waals surface area contributed by atoms with E-state index < -0.39 is 11.7 Å². The van der Waals surface area contributed by atoms with Gasteiger partial charge in [0, 0.05) is 24.7 Å². The fourth-order valence-electron chi connectivity index (χ4n) is 3.41. The van der Waals surface area contributed by atoms with Crippen LogP contribution in [-0.4, -0.2) is 16.2 Å². The summed E-state index contributed by atoms with van der Waals surface area (Å²) in [6.45, 7) is 5.97. The van der Waals surface area contributed by atoms with Crippen LogP contribution in [0, 0.1) is 12.8 Å². The minimum atomic E-state index is -4.56. The summed E-state index contributed by atoms with van der Waals surface area (Å²) < 4.78 is 48.0. The van der Waals surface area contributed by atoms with E-state index in [0.717, 1.165) is 12.5 Å². The Balaban J connectivity index is 2.23. The van der Waals surface area contributed by atoms with Gasteiger partial charge < -0.3 is 9.30 Å². The summed E-state index contributed by atoms with van der Waals surface area (Å²) in [5.74, 6) is 0.204. The van der Waals surface area contributed by atoms with Gasteiger partial charge in [-0.05, 0) is 43.2 Å². The maximum Gasteiger partial charge on any atom is 0.419 e. The van der Waals surface area contributed by atoms with Crippen molar-refractivity contribution >= 4 is 21.7 Å². The third-order valence-corrected chi connectivity index (χ3v) is 4.90. The lowest BCUT2D eigenvalue weighted by atomic mass is 10.0. The molecule has 0 saturated carbocycles. The fraction of sp³-hybridized carbons (Fsp3) is 0.429. The highest BCUT2D eigenvalue weighted by Gasteiger charge is 2.35. The molecule has 2 aromatic heterocycles. The lowest BCUT2D eigenvalue weighted by molar-refractivity contribution is -0.138. The number of aromatic nitrogens is 2. The molecule has 28 heavy (non-hydrogen) atoms. The standard InChI is InChI=1S/C21H23F3N2O2/c1-12(2)6-5-9-28-18-11-17-15(10-16(18)21(22,23)24)14-7-8-25-13(3)19(14)20(27)26(17)4/h7-8,10-12H,5-6,9H2,1-4H3. The molecule has 1 aromatic carbocycles. The molecule has 150 valence electrons. The van der Waals surface area contributed by atoms with Crippen molar-refractivity contribution in [3.8, 4) is 5.75 Å². The minimum absolute atomic E-state index is 0.192. The van der Waals surface area contributed by atoms with Crippen LogP contribution >= 0.6 is 0 Å². The molecule has 3 rings (SSSR count). The van der Waals surface area contributed by atoms with Gasteiger partial charge in [0.15, 0.2) is 0 Å². The highest BCUT2D eigenvalue weighted by molar-refractivity contribution is 6.06. The summed E-state index contributed by atoms with van der Waals surface area (Å²) in [7, 11) is 1.55. The van der Waals surface area contributed by atoms with Gasteiger partial charge in [-0.2, -0.15) is 13.2 Å². The Hall–Kier alpha value is -2.57. The van der Waals surface area contributed by atoms with Crippen molar-refractivity contribution in [2.24, 2.45) is 13.0 Å². The zero-order valence-corrected chi connectivity index (χ0v) is 16.4. The van der Waals surface area contributed by atoms with Gasteiger partial charge >= 0.3 is 6.18 Å². The Morgan fingerprint density at radius 3 is 2.57 bits per heavy atom. The monoisotopic (exact) mass is 392 g/mol. The van der Waals surface area contributed by atoms with Crippen LogP contribution in [0.2, 0.25) is 0 Å². The maximum atomic E-state index is 13.7. The normalized spacial score (nSPS) is 12.3. The van der Waals surface area contributed by atoms with Crippen LogP contribution in [0.4, 0.5) is 13.2 Å². The smallest absolute Gasteiger partial charge is 0.419 e. The largest absolute Gasteiger partial charge is 0.493 e. The lowest BCUT2D eigenvalue weighted by Crippen LogP contribution is -2.19. The second kappa shape index (κ2) is 7.45. The van der Waals surface area contributed by atoms with E-state index >= 15 is 0 Å². The first-order chi connectivity index (χ1) is 13.1. The molecule has 0 bridgehead atoms. The number of aryl methyl sites for hydroxylation is 2. The van der Waals surface area contributed by atoms with Crippen LogP contribution < -0.4 is 10.3 Å². The minimum Gasteiger partial charge on any atom is -0.493 e. The Morgan fingerprint density at radius 2 is 1.93 bits per heavy atom. The third kappa shape index (κ3) is 3.70. The molecule has 0 amide bonds. The number of fused-ring (bicyclic) bond motifs is 3. The maximum absolute atomic E-state index is 13.7. The Morgan fingerprint density at radius 1 is 1.21 bits per heavy atom. The average molecular weight is 392 g/mol. The Bertz CT molecular complexity index is 1090. The summed E-state index contributed by atoms with van der Waals surface area (Å²) in [6.07, 6.45) is -1.54. The summed E-state index contributed by atoms with van der Waals surface area (Å²) in [5.41, 5.74) is -0.241. The molecule has 0 atom stereocenters. The van der Waals surface area contributed by atoms with Crippen LogP contribution in [0.3, 0.4) is 0 Å². The number of halogens is 3. The van der Waals surface area contributed by atoms with Gasteiger partial charge in [-0.25, -0.2) is 0 Å². The van der Waals surface area contributed by atoms with Crippen LogP contribution in [-0.2, 0) is 13.2 Å². The molecule has 0 fully saturated rings. The van der Waals surface area contributed by atoms with Crippen LogP contribution in [0.15, 0.2) is 29.2 Å². The molecule has 2 heterocycles. The number of ether oxygens (including phenoxy) is 1. The first kappa shape index (κ1) is 20.2. The van der Waals surface area contributed by atoms with Crippen LogP contribution in [0.1, 0.15) is 37.9 Å². The molecule has 0 N–H and O–H groups in total. The summed E-state index contributed by atoms with van der Waals surface area (Å²) in [5, 5.41) is 1.14. The molecule has 7 heteroatoms. The molecule has 4 nitrogen and oxygen atoms in total. The average Bonchev–Trinajstić information content (AvgIpc) is 2.61. The van der Waals surface area contributed by atoms with E-state index in [4.69, 9.17) is 4.74 Å². The first-order valence-electron chi connectivity index (χ1n) is 9.23. The second-order valence-electron chi connectivity index (χ2n) is 7.43. The highest BCUT2D eigenvalue weighted by atomic mass is 19.4. The molecule has 0 radical (unpaired) electrons. The first-order valence-corrected chi connectivity index (χ1v) is 9.23. The molecular weight excluding hydrogens is 369 g/mol. The number of benzene rings is 1. The van der Waals surface area contributed by atoms with Gasteiger partial charge in [0.25, 0.3) is 5.56 Å². The zero-order chi connectivity index (χ0) is 20.6. The molecule has 0 aliphatic rings. The molecule has 0 spiro atoms. The van der Waals surface area contributed by atoms with E-state index in [1.54, 1.807) is 20.0 Å². The van der Waals surface area contributed by atoms with Gasteiger partial charge in [-0.3, -0.25) is 9.78 Å². The van der Waals surface area contributed by atoms with E-state index in [1.807, 2.05) is 0 Å². The predicted octanol–water partition coefficient (Wildman–Crippen LogP) is 5.23. The number of hydrogen-bond donors (Lipinski definition) is 0. The Labute approximate surface area is 161 Å². The van der Waals surface area contributed by atoms with Gasteiger partial charge in [0.1, 0.15) is 5.75 Å². The number of alkyl halides is 3. The van der Waals surface area contributed by atoms with Gasteiger partial charge in [-0.15, -0.1) is 0 Å². The van der Waals surface area contributed by atoms with E-state index in [1.165, 1.54) is 16.8 Å². The van der Waals surface area contributed by atoms with E-state index in [2.05, 4.69) is 18.8 Å².